The number of imidazole rings is 1. The van der Waals surface area contributed by atoms with Gasteiger partial charge in [0.1, 0.15) is 0 Å². The van der Waals surface area contributed by atoms with Gasteiger partial charge in [0, 0.05) is 37.9 Å². The van der Waals surface area contributed by atoms with Gasteiger partial charge in [0.25, 0.3) is 0 Å². The van der Waals surface area contributed by atoms with Crippen molar-refractivity contribution in [2.75, 3.05) is 6.54 Å². The lowest BCUT2D eigenvalue weighted by Gasteiger charge is -2.18. The highest BCUT2D eigenvalue weighted by Gasteiger charge is 2.17. The summed E-state index contributed by atoms with van der Waals surface area (Å²) in [6.07, 6.45) is 9.82. The SMILES string of the molecule is O=C(CC(c1ccsc1)n1cccc1)NCCn1ccnc1. The van der Waals surface area contributed by atoms with Gasteiger partial charge in [-0.1, -0.05) is 0 Å². The van der Waals surface area contributed by atoms with Crippen molar-refractivity contribution in [2.45, 2.75) is 19.0 Å². The van der Waals surface area contributed by atoms with Crippen LogP contribution in [-0.2, 0) is 11.3 Å². The number of rotatable bonds is 7. The van der Waals surface area contributed by atoms with E-state index in [0.717, 1.165) is 6.54 Å². The molecule has 1 unspecified atom stereocenters. The number of carbonyl (C=O) groups is 1. The first kappa shape index (κ1) is 14.6. The number of thiophene rings is 1. The normalized spacial score (nSPS) is 12.2. The van der Waals surface area contributed by atoms with E-state index >= 15 is 0 Å². The molecule has 5 nitrogen and oxygen atoms in total. The molecular formula is C16H18N4OS. The number of hydrogen-bond acceptors (Lipinski definition) is 3. The minimum absolute atomic E-state index is 0.0505. The molecule has 0 saturated heterocycles. The fourth-order valence-electron chi connectivity index (χ4n) is 2.41. The van der Waals surface area contributed by atoms with Gasteiger partial charge < -0.3 is 14.5 Å². The van der Waals surface area contributed by atoms with Crippen LogP contribution in [0.15, 0.2) is 60.1 Å². The van der Waals surface area contributed by atoms with Gasteiger partial charge in [-0.25, -0.2) is 4.98 Å². The van der Waals surface area contributed by atoms with Crippen LogP contribution in [0.2, 0.25) is 0 Å². The van der Waals surface area contributed by atoms with Gasteiger partial charge in [-0.05, 0) is 34.5 Å². The molecule has 0 spiro atoms. The van der Waals surface area contributed by atoms with Gasteiger partial charge >= 0.3 is 0 Å². The summed E-state index contributed by atoms with van der Waals surface area (Å²) in [7, 11) is 0. The van der Waals surface area contributed by atoms with E-state index in [1.165, 1.54) is 5.56 Å². The van der Waals surface area contributed by atoms with E-state index in [1.807, 2.05) is 40.7 Å². The van der Waals surface area contributed by atoms with Crippen LogP contribution in [0.4, 0.5) is 0 Å². The summed E-state index contributed by atoms with van der Waals surface area (Å²) in [6.45, 7) is 1.34. The summed E-state index contributed by atoms with van der Waals surface area (Å²) in [5.41, 5.74) is 1.17. The Labute approximate surface area is 133 Å². The van der Waals surface area contributed by atoms with Crippen molar-refractivity contribution in [3.8, 4) is 0 Å². The van der Waals surface area contributed by atoms with Gasteiger partial charge in [0.2, 0.25) is 5.91 Å². The average Bonchev–Trinajstić information content (AvgIpc) is 3.26. The minimum Gasteiger partial charge on any atom is -0.354 e. The molecule has 0 aliphatic rings. The van der Waals surface area contributed by atoms with Gasteiger partial charge in [-0.2, -0.15) is 11.3 Å². The molecule has 3 heterocycles. The first-order valence-electron chi connectivity index (χ1n) is 7.20. The fraction of sp³-hybridized carbons (Fsp3) is 0.250. The molecule has 0 saturated carbocycles. The maximum absolute atomic E-state index is 12.2. The van der Waals surface area contributed by atoms with Crippen LogP contribution in [0.5, 0.6) is 0 Å². The van der Waals surface area contributed by atoms with Crippen molar-refractivity contribution in [3.05, 3.63) is 65.6 Å². The molecule has 0 fully saturated rings. The number of carbonyl (C=O) groups excluding carboxylic acids is 1. The molecule has 1 N–H and O–H groups in total. The Morgan fingerprint density at radius 2 is 2.18 bits per heavy atom. The lowest BCUT2D eigenvalue weighted by molar-refractivity contribution is -0.121. The lowest BCUT2D eigenvalue weighted by Crippen LogP contribution is -2.29. The van der Waals surface area contributed by atoms with Gasteiger partial charge in [-0.15, -0.1) is 0 Å². The zero-order valence-corrected chi connectivity index (χ0v) is 12.9. The first-order chi connectivity index (χ1) is 10.8. The molecular weight excluding hydrogens is 296 g/mol. The van der Waals surface area contributed by atoms with E-state index in [2.05, 4.69) is 26.3 Å². The lowest BCUT2D eigenvalue weighted by atomic mass is 10.1. The number of amides is 1. The zero-order valence-electron chi connectivity index (χ0n) is 12.1. The second kappa shape index (κ2) is 7.09. The number of nitrogens with one attached hydrogen (secondary N) is 1. The third kappa shape index (κ3) is 3.65. The van der Waals surface area contributed by atoms with Crippen molar-refractivity contribution >= 4 is 17.2 Å². The van der Waals surface area contributed by atoms with Crippen LogP contribution in [0, 0.1) is 0 Å². The number of hydrogen-bond donors (Lipinski definition) is 1. The van der Waals surface area contributed by atoms with Crippen LogP contribution in [0.25, 0.3) is 0 Å². The molecule has 6 heteroatoms. The van der Waals surface area contributed by atoms with Crippen molar-refractivity contribution in [2.24, 2.45) is 0 Å². The van der Waals surface area contributed by atoms with Crippen LogP contribution in [0.3, 0.4) is 0 Å². The van der Waals surface area contributed by atoms with Crippen molar-refractivity contribution in [1.82, 2.24) is 19.4 Å². The zero-order chi connectivity index (χ0) is 15.2. The van der Waals surface area contributed by atoms with Crippen molar-refractivity contribution < 1.29 is 4.79 Å². The van der Waals surface area contributed by atoms with Crippen LogP contribution in [-0.4, -0.2) is 26.6 Å². The molecule has 3 rings (SSSR count). The Morgan fingerprint density at radius 1 is 1.32 bits per heavy atom. The fourth-order valence-corrected chi connectivity index (χ4v) is 3.11. The molecule has 3 aromatic rings. The molecule has 22 heavy (non-hydrogen) atoms. The molecule has 0 bridgehead atoms. The Morgan fingerprint density at radius 3 is 2.86 bits per heavy atom. The Bertz CT molecular complexity index is 640. The monoisotopic (exact) mass is 314 g/mol. The predicted octanol–water partition coefficient (Wildman–Crippen LogP) is 2.54. The predicted molar refractivity (Wildman–Crippen MR) is 86.7 cm³/mol. The molecule has 0 radical (unpaired) electrons. The highest BCUT2D eigenvalue weighted by Crippen LogP contribution is 2.24. The Balaban J connectivity index is 1.57. The number of nitrogens with zero attached hydrogens (tertiary/aromatic N) is 3. The van der Waals surface area contributed by atoms with Crippen LogP contribution >= 0.6 is 11.3 Å². The summed E-state index contributed by atoms with van der Waals surface area (Å²) in [5, 5.41) is 7.12. The highest BCUT2D eigenvalue weighted by molar-refractivity contribution is 7.07. The minimum atomic E-state index is 0.0505. The Hall–Kier alpha value is -2.34. The van der Waals surface area contributed by atoms with E-state index in [9.17, 15) is 4.79 Å². The van der Waals surface area contributed by atoms with E-state index in [4.69, 9.17) is 0 Å². The molecule has 0 aliphatic heterocycles. The largest absolute Gasteiger partial charge is 0.354 e. The maximum Gasteiger partial charge on any atom is 0.222 e. The third-order valence-electron chi connectivity index (χ3n) is 3.55. The molecule has 1 amide bonds. The maximum atomic E-state index is 12.2. The van der Waals surface area contributed by atoms with E-state index < -0.39 is 0 Å². The number of aromatic nitrogens is 3. The third-order valence-corrected chi connectivity index (χ3v) is 4.25. The highest BCUT2D eigenvalue weighted by atomic mass is 32.1. The van der Waals surface area contributed by atoms with Crippen LogP contribution < -0.4 is 5.32 Å². The van der Waals surface area contributed by atoms with Gasteiger partial charge in [-0.3, -0.25) is 4.79 Å². The standard InChI is InChI=1S/C16H18N4OS/c21-16(18-5-9-19-8-4-17-13-19)11-15(14-3-10-22-12-14)20-6-1-2-7-20/h1-4,6-8,10,12-13,15H,5,9,11H2,(H,18,21). The second-order valence-electron chi connectivity index (χ2n) is 5.06. The topological polar surface area (TPSA) is 51.9 Å². The second-order valence-corrected chi connectivity index (χ2v) is 5.84. The molecule has 0 aliphatic carbocycles. The van der Waals surface area contributed by atoms with Gasteiger partial charge in [0.15, 0.2) is 0 Å². The summed E-state index contributed by atoms with van der Waals surface area (Å²) in [6, 6.07) is 6.09. The van der Waals surface area contributed by atoms with Crippen molar-refractivity contribution in [3.63, 3.8) is 0 Å². The van der Waals surface area contributed by atoms with Crippen LogP contribution in [0.1, 0.15) is 18.0 Å². The van der Waals surface area contributed by atoms with Gasteiger partial charge in [0.05, 0.1) is 18.8 Å². The quantitative estimate of drug-likeness (QED) is 0.728. The summed E-state index contributed by atoms with van der Waals surface area (Å²) in [5.74, 6) is 0.0602. The molecule has 3 aromatic heterocycles. The summed E-state index contributed by atoms with van der Waals surface area (Å²) < 4.78 is 4.03. The Kier molecular flexibility index (Phi) is 4.70. The first-order valence-corrected chi connectivity index (χ1v) is 8.14. The smallest absolute Gasteiger partial charge is 0.222 e. The average molecular weight is 314 g/mol. The van der Waals surface area contributed by atoms with Crippen molar-refractivity contribution in [1.29, 1.82) is 0 Å². The molecule has 114 valence electrons. The summed E-state index contributed by atoms with van der Waals surface area (Å²) >= 11 is 1.65. The molecule has 0 aromatic carbocycles. The van der Waals surface area contributed by atoms with E-state index in [-0.39, 0.29) is 11.9 Å². The van der Waals surface area contributed by atoms with E-state index in [1.54, 1.807) is 23.9 Å². The van der Waals surface area contributed by atoms with E-state index in [0.29, 0.717) is 13.0 Å². The molecule has 1 atom stereocenters. The summed E-state index contributed by atoms with van der Waals surface area (Å²) in [4.78, 5) is 16.2.